The lowest BCUT2D eigenvalue weighted by Gasteiger charge is -2.35. The van der Waals surface area contributed by atoms with Gasteiger partial charge in [-0.3, -0.25) is 4.79 Å². The summed E-state index contributed by atoms with van der Waals surface area (Å²) in [6.07, 6.45) is 1.74. The summed E-state index contributed by atoms with van der Waals surface area (Å²) < 4.78 is 0. The van der Waals surface area contributed by atoms with E-state index in [4.69, 9.17) is 5.73 Å². The van der Waals surface area contributed by atoms with Gasteiger partial charge in [0.15, 0.2) is 0 Å². The van der Waals surface area contributed by atoms with Crippen LogP contribution in [0, 0.1) is 0 Å². The lowest BCUT2D eigenvalue weighted by atomic mass is 9.98. The van der Waals surface area contributed by atoms with Gasteiger partial charge >= 0.3 is 0 Å². The molecule has 18 heavy (non-hydrogen) atoms. The van der Waals surface area contributed by atoms with E-state index in [1.54, 1.807) is 0 Å². The molecule has 0 unspecified atom stereocenters. The Balaban J connectivity index is 2.93. The average Bonchev–Trinajstić information content (AvgIpc) is 2.37. The molecule has 0 aliphatic heterocycles. The Morgan fingerprint density at radius 1 is 1.39 bits per heavy atom. The maximum absolute atomic E-state index is 12.4. The molecule has 0 saturated heterocycles. The van der Waals surface area contributed by atoms with Crippen molar-refractivity contribution in [3.8, 4) is 0 Å². The van der Waals surface area contributed by atoms with Crippen molar-refractivity contribution in [3.05, 3.63) is 35.4 Å². The zero-order chi connectivity index (χ0) is 13.8. The van der Waals surface area contributed by atoms with Crippen LogP contribution in [-0.2, 0) is 6.42 Å². The van der Waals surface area contributed by atoms with Crippen molar-refractivity contribution in [3.63, 3.8) is 0 Å². The Hall–Kier alpha value is -1.35. The van der Waals surface area contributed by atoms with E-state index >= 15 is 0 Å². The van der Waals surface area contributed by atoms with Crippen LogP contribution in [0.3, 0.4) is 0 Å². The van der Waals surface area contributed by atoms with Crippen LogP contribution in [0.2, 0.25) is 0 Å². The van der Waals surface area contributed by atoms with E-state index in [2.05, 4.69) is 20.8 Å². The fourth-order valence-corrected chi connectivity index (χ4v) is 1.73. The van der Waals surface area contributed by atoms with Gasteiger partial charge in [0.05, 0.1) is 0 Å². The Morgan fingerprint density at radius 3 is 2.61 bits per heavy atom. The molecular weight excluding hydrogens is 224 g/mol. The molecule has 1 aromatic rings. The van der Waals surface area contributed by atoms with Crippen molar-refractivity contribution < 1.29 is 4.79 Å². The topological polar surface area (TPSA) is 46.3 Å². The van der Waals surface area contributed by atoms with Gasteiger partial charge in [0.25, 0.3) is 5.91 Å². The van der Waals surface area contributed by atoms with Gasteiger partial charge in [-0.15, -0.1) is 0 Å². The predicted molar refractivity (Wildman–Crippen MR) is 75.7 cm³/mol. The number of hydrogen-bond donors (Lipinski definition) is 1. The molecule has 0 spiro atoms. The predicted octanol–water partition coefficient (Wildman–Crippen LogP) is 2.45. The summed E-state index contributed by atoms with van der Waals surface area (Å²) in [6, 6.07) is 7.74. The van der Waals surface area contributed by atoms with E-state index in [-0.39, 0.29) is 11.4 Å². The lowest BCUT2D eigenvalue weighted by Crippen LogP contribution is -2.44. The molecule has 3 heteroatoms. The minimum atomic E-state index is -0.124. The number of benzene rings is 1. The number of carbonyl (C=O) groups excluding carboxylic acids is 1. The Labute approximate surface area is 110 Å². The van der Waals surface area contributed by atoms with Crippen LogP contribution in [0.1, 0.15) is 43.1 Å². The second kappa shape index (κ2) is 6.01. The van der Waals surface area contributed by atoms with E-state index in [0.717, 1.165) is 24.0 Å². The van der Waals surface area contributed by atoms with Crippen molar-refractivity contribution in [2.75, 3.05) is 13.6 Å². The van der Waals surface area contributed by atoms with Crippen molar-refractivity contribution in [1.29, 1.82) is 0 Å². The third-order valence-electron chi connectivity index (χ3n) is 3.68. The standard InChI is InChI=1S/C15H24N2O/c1-5-15(2,3)17(4)14(18)13-8-6-7-12(11-13)9-10-16/h6-8,11H,5,9-10,16H2,1-4H3. The third-order valence-corrected chi connectivity index (χ3v) is 3.68. The zero-order valence-electron chi connectivity index (χ0n) is 11.9. The van der Waals surface area contributed by atoms with Gasteiger partial charge in [0.2, 0.25) is 0 Å². The molecule has 0 atom stereocenters. The van der Waals surface area contributed by atoms with Crippen LogP contribution in [0.4, 0.5) is 0 Å². The van der Waals surface area contributed by atoms with Crippen molar-refractivity contribution in [2.45, 2.75) is 39.2 Å². The summed E-state index contributed by atoms with van der Waals surface area (Å²) in [4.78, 5) is 14.2. The first-order valence-electron chi connectivity index (χ1n) is 6.49. The summed E-state index contributed by atoms with van der Waals surface area (Å²) in [5.41, 5.74) is 7.28. The van der Waals surface area contributed by atoms with E-state index in [1.807, 2.05) is 36.2 Å². The molecule has 0 bridgehead atoms. The highest BCUT2D eigenvalue weighted by atomic mass is 16.2. The van der Waals surface area contributed by atoms with Crippen LogP contribution in [0.15, 0.2) is 24.3 Å². The molecule has 0 aromatic heterocycles. The Kier molecular flexibility index (Phi) is 4.91. The van der Waals surface area contributed by atoms with Crippen molar-refractivity contribution >= 4 is 5.91 Å². The number of rotatable bonds is 5. The minimum Gasteiger partial charge on any atom is -0.337 e. The highest BCUT2D eigenvalue weighted by Crippen LogP contribution is 2.19. The van der Waals surface area contributed by atoms with Crippen LogP contribution < -0.4 is 5.73 Å². The lowest BCUT2D eigenvalue weighted by molar-refractivity contribution is 0.0620. The first-order chi connectivity index (χ1) is 8.42. The fraction of sp³-hybridized carbons (Fsp3) is 0.533. The molecular formula is C15H24N2O. The number of nitrogens with zero attached hydrogens (tertiary/aromatic N) is 1. The largest absolute Gasteiger partial charge is 0.337 e. The van der Waals surface area contributed by atoms with Gasteiger partial charge < -0.3 is 10.6 Å². The van der Waals surface area contributed by atoms with Gasteiger partial charge in [-0.25, -0.2) is 0 Å². The number of nitrogens with two attached hydrogens (primary N) is 1. The maximum Gasteiger partial charge on any atom is 0.254 e. The molecule has 100 valence electrons. The molecule has 2 N–H and O–H groups in total. The molecule has 1 aromatic carbocycles. The number of hydrogen-bond acceptors (Lipinski definition) is 2. The van der Waals surface area contributed by atoms with Crippen molar-refractivity contribution in [1.82, 2.24) is 4.90 Å². The van der Waals surface area contributed by atoms with Crippen molar-refractivity contribution in [2.24, 2.45) is 5.73 Å². The minimum absolute atomic E-state index is 0.0701. The molecule has 0 fully saturated rings. The highest BCUT2D eigenvalue weighted by molar-refractivity contribution is 5.94. The highest BCUT2D eigenvalue weighted by Gasteiger charge is 2.26. The summed E-state index contributed by atoms with van der Waals surface area (Å²) in [6.45, 7) is 6.85. The van der Waals surface area contributed by atoms with E-state index < -0.39 is 0 Å². The van der Waals surface area contributed by atoms with E-state index in [9.17, 15) is 4.79 Å². The zero-order valence-corrected chi connectivity index (χ0v) is 11.9. The normalized spacial score (nSPS) is 11.4. The van der Waals surface area contributed by atoms with Crippen LogP contribution >= 0.6 is 0 Å². The second-order valence-corrected chi connectivity index (χ2v) is 5.27. The number of carbonyl (C=O) groups is 1. The van der Waals surface area contributed by atoms with Gasteiger partial charge in [0.1, 0.15) is 0 Å². The summed E-state index contributed by atoms with van der Waals surface area (Å²) in [5.74, 6) is 0.0701. The van der Waals surface area contributed by atoms with Gasteiger partial charge in [-0.05, 0) is 50.9 Å². The summed E-state index contributed by atoms with van der Waals surface area (Å²) >= 11 is 0. The molecule has 0 saturated carbocycles. The van der Waals surface area contributed by atoms with Crippen LogP contribution in [0.25, 0.3) is 0 Å². The van der Waals surface area contributed by atoms with Gasteiger partial charge in [-0.2, -0.15) is 0 Å². The molecule has 0 radical (unpaired) electrons. The maximum atomic E-state index is 12.4. The van der Waals surface area contributed by atoms with E-state index in [0.29, 0.717) is 6.54 Å². The average molecular weight is 248 g/mol. The first kappa shape index (κ1) is 14.7. The van der Waals surface area contributed by atoms with Crippen LogP contribution in [0.5, 0.6) is 0 Å². The van der Waals surface area contributed by atoms with Gasteiger partial charge in [0, 0.05) is 18.2 Å². The molecule has 0 aliphatic carbocycles. The molecule has 0 aliphatic rings. The Morgan fingerprint density at radius 2 is 2.06 bits per heavy atom. The van der Waals surface area contributed by atoms with E-state index in [1.165, 1.54) is 0 Å². The molecule has 1 amide bonds. The summed E-state index contributed by atoms with van der Waals surface area (Å²) in [7, 11) is 1.86. The Bertz CT molecular complexity index is 413. The SMILES string of the molecule is CCC(C)(C)N(C)C(=O)c1cccc(CCN)c1. The second-order valence-electron chi connectivity index (χ2n) is 5.27. The molecule has 1 rings (SSSR count). The monoisotopic (exact) mass is 248 g/mol. The quantitative estimate of drug-likeness (QED) is 0.870. The third kappa shape index (κ3) is 3.33. The molecule has 0 heterocycles. The molecule has 3 nitrogen and oxygen atoms in total. The fourth-order valence-electron chi connectivity index (χ4n) is 1.73. The number of amides is 1. The first-order valence-corrected chi connectivity index (χ1v) is 6.49. The smallest absolute Gasteiger partial charge is 0.254 e. The summed E-state index contributed by atoms with van der Waals surface area (Å²) in [5, 5.41) is 0. The van der Waals surface area contributed by atoms with Crippen LogP contribution in [-0.4, -0.2) is 29.9 Å². The van der Waals surface area contributed by atoms with Gasteiger partial charge in [-0.1, -0.05) is 19.1 Å².